The van der Waals surface area contributed by atoms with Crippen LogP contribution in [0.1, 0.15) is 12.0 Å². The van der Waals surface area contributed by atoms with Crippen molar-refractivity contribution in [2.45, 2.75) is 18.9 Å². The molecule has 19 heavy (non-hydrogen) atoms. The van der Waals surface area contributed by atoms with Gasteiger partial charge in [0, 0.05) is 19.6 Å². The monoisotopic (exact) mass is 263 g/mol. The number of benzene rings is 1. The minimum Gasteiger partial charge on any atom is -0.508 e. The Morgan fingerprint density at radius 1 is 1.32 bits per heavy atom. The van der Waals surface area contributed by atoms with Crippen molar-refractivity contribution in [3.8, 4) is 5.75 Å². The van der Waals surface area contributed by atoms with Gasteiger partial charge >= 0.3 is 0 Å². The Bertz CT molecular complexity index is 411. The number of amides is 1. The molecule has 0 aliphatic carbocycles. The summed E-state index contributed by atoms with van der Waals surface area (Å²) in [5, 5.41) is 12.5. The van der Waals surface area contributed by atoms with Crippen LogP contribution in [0.15, 0.2) is 24.3 Å². The first-order chi connectivity index (χ1) is 9.16. The third-order valence-electron chi connectivity index (χ3n) is 3.36. The van der Waals surface area contributed by atoms with Gasteiger partial charge in [0.15, 0.2) is 0 Å². The van der Waals surface area contributed by atoms with Crippen LogP contribution in [-0.4, -0.2) is 48.1 Å². The van der Waals surface area contributed by atoms with Crippen LogP contribution in [0.25, 0.3) is 0 Å². The third-order valence-corrected chi connectivity index (χ3v) is 3.36. The minimum absolute atomic E-state index is 0.0109. The number of phenolic OH excluding ortho intramolecular Hbond substituents is 1. The largest absolute Gasteiger partial charge is 0.508 e. The lowest BCUT2D eigenvalue weighted by Crippen LogP contribution is -2.46. The summed E-state index contributed by atoms with van der Waals surface area (Å²) in [7, 11) is 0. The number of hydrogen-bond acceptors (Lipinski definition) is 4. The van der Waals surface area contributed by atoms with Crippen LogP contribution < -0.4 is 11.1 Å². The predicted molar refractivity (Wildman–Crippen MR) is 73.9 cm³/mol. The molecule has 4 N–H and O–H groups in total. The maximum Gasteiger partial charge on any atom is 0.239 e. The number of hydrogen-bond donors (Lipinski definition) is 3. The van der Waals surface area contributed by atoms with Crippen molar-refractivity contribution in [2.24, 2.45) is 5.73 Å². The molecular formula is C14H21N3O2. The molecule has 2 rings (SSSR count). The molecule has 1 saturated heterocycles. The standard InChI is InChI=1S/C14H21N3O2/c15-13(10-11-2-4-12(18)5-3-11)14(19)17-8-1-6-16-7-9-17/h2-5,13,16,18H,1,6-10,15H2/t13-/m1/s1. The topological polar surface area (TPSA) is 78.6 Å². The Morgan fingerprint density at radius 2 is 2.05 bits per heavy atom. The van der Waals surface area contributed by atoms with Gasteiger partial charge in [0.2, 0.25) is 5.91 Å². The fourth-order valence-electron chi connectivity index (χ4n) is 2.27. The maximum atomic E-state index is 12.2. The van der Waals surface area contributed by atoms with Gasteiger partial charge in [-0.1, -0.05) is 12.1 Å². The van der Waals surface area contributed by atoms with E-state index < -0.39 is 6.04 Å². The van der Waals surface area contributed by atoms with Crippen LogP contribution in [0.4, 0.5) is 0 Å². The summed E-state index contributed by atoms with van der Waals surface area (Å²) in [6.45, 7) is 3.28. The van der Waals surface area contributed by atoms with E-state index in [1.807, 2.05) is 4.90 Å². The molecule has 5 heteroatoms. The molecule has 1 aliphatic rings. The van der Waals surface area contributed by atoms with Crippen LogP contribution in [0.3, 0.4) is 0 Å². The van der Waals surface area contributed by atoms with Gasteiger partial charge in [-0.05, 0) is 37.1 Å². The normalized spacial score (nSPS) is 17.8. The van der Waals surface area contributed by atoms with E-state index in [0.717, 1.165) is 38.2 Å². The van der Waals surface area contributed by atoms with Crippen molar-refractivity contribution in [1.82, 2.24) is 10.2 Å². The summed E-state index contributed by atoms with van der Waals surface area (Å²) in [6, 6.07) is 6.31. The summed E-state index contributed by atoms with van der Waals surface area (Å²) in [5.41, 5.74) is 6.96. The number of nitrogens with zero attached hydrogens (tertiary/aromatic N) is 1. The fraction of sp³-hybridized carbons (Fsp3) is 0.500. The lowest BCUT2D eigenvalue weighted by Gasteiger charge is -2.23. The summed E-state index contributed by atoms with van der Waals surface area (Å²) in [6.07, 6.45) is 1.47. The second kappa shape index (κ2) is 6.54. The number of nitrogens with two attached hydrogens (primary N) is 1. The van der Waals surface area contributed by atoms with Gasteiger partial charge < -0.3 is 21.1 Å². The summed E-state index contributed by atoms with van der Waals surface area (Å²) < 4.78 is 0. The van der Waals surface area contributed by atoms with Gasteiger partial charge in [0.1, 0.15) is 5.75 Å². The Balaban J connectivity index is 1.92. The highest BCUT2D eigenvalue weighted by molar-refractivity contribution is 5.82. The van der Waals surface area contributed by atoms with E-state index in [4.69, 9.17) is 5.73 Å². The highest BCUT2D eigenvalue weighted by atomic mass is 16.3. The van der Waals surface area contributed by atoms with Crippen molar-refractivity contribution in [3.05, 3.63) is 29.8 Å². The fourth-order valence-corrected chi connectivity index (χ4v) is 2.27. The molecule has 104 valence electrons. The van der Waals surface area contributed by atoms with Crippen LogP contribution in [-0.2, 0) is 11.2 Å². The highest BCUT2D eigenvalue weighted by Crippen LogP contribution is 2.11. The molecule has 1 atom stereocenters. The lowest BCUT2D eigenvalue weighted by molar-refractivity contribution is -0.132. The number of carbonyl (C=O) groups is 1. The van der Waals surface area contributed by atoms with Crippen LogP contribution in [0.2, 0.25) is 0 Å². The molecule has 0 bridgehead atoms. The smallest absolute Gasteiger partial charge is 0.239 e. The van der Waals surface area contributed by atoms with E-state index in [1.165, 1.54) is 0 Å². The molecule has 1 aliphatic heterocycles. The average molecular weight is 263 g/mol. The van der Waals surface area contributed by atoms with Crippen molar-refractivity contribution < 1.29 is 9.90 Å². The van der Waals surface area contributed by atoms with Gasteiger partial charge in [-0.2, -0.15) is 0 Å². The molecule has 0 radical (unpaired) electrons. The Kier molecular flexibility index (Phi) is 4.76. The number of carbonyl (C=O) groups excluding carboxylic acids is 1. The molecule has 0 saturated carbocycles. The molecule has 1 amide bonds. The first kappa shape index (κ1) is 13.8. The zero-order valence-corrected chi connectivity index (χ0v) is 11.0. The molecule has 1 aromatic carbocycles. The highest BCUT2D eigenvalue weighted by Gasteiger charge is 2.21. The van der Waals surface area contributed by atoms with Crippen molar-refractivity contribution in [1.29, 1.82) is 0 Å². The molecule has 0 unspecified atom stereocenters. The zero-order chi connectivity index (χ0) is 13.7. The van der Waals surface area contributed by atoms with E-state index in [1.54, 1.807) is 24.3 Å². The summed E-state index contributed by atoms with van der Waals surface area (Å²) >= 11 is 0. The van der Waals surface area contributed by atoms with Gasteiger partial charge in [-0.3, -0.25) is 4.79 Å². The summed E-state index contributed by atoms with van der Waals surface area (Å²) in [4.78, 5) is 14.1. The van der Waals surface area contributed by atoms with E-state index in [-0.39, 0.29) is 11.7 Å². The second-order valence-corrected chi connectivity index (χ2v) is 4.91. The maximum absolute atomic E-state index is 12.2. The van der Waals surface area contributed by atoms with Crippen molar-refractivity contribution in [2.75, 3.05) is 26.2 Å². The van der Waals surface area contributed by atoms with E-state index in [9.17, 15) is 9.90 Å². The molecule has 1 fully saturated rings. The molecule has 0 aromatic heterocycles. The quantitative estimate of drug-likeness (QED) is 0.722. The average Bonchev–Trinajstić information content (AvgIpc) is 2.69. The molecule has 1 aromatic rings. The third kappa shape index (κ3) is 3.94. The molecule has 0 spiro atoms. The molecule has 5 nitrogen and oxygen atoms in total. The van der Waals surface area contributed by atoms with Crippen molar-refractivity contribution in [3.63, 3.8) is 0 Å². The van der Waals surface area contributed by atoms with E-state index in [0.29, 0.717) is 6.42 Å². The minimum atomic E-state index is -0.511. The second-order valence-electron chi connectivity index (χ2n) is 4.91. The predicted octanol–water partition coefficient (Wildman–Crippen LogP) is 0.0839. The molecular weight excluding hydrogens is 242 g/mol. The number of nitrogens with one attached hydrogen (secondary N) is 1. The van der Waals surface area contributed by atoms with Crippen LogP contribution in [0.5, 0.6) is 5.75 Å². The molecule has 1 heterocycles. The van der Waals surface area contributed by atoms with Gasteiger partial charge in [-0.15, -0.1) is 0 Å². The Morgan fingerprint density at radius 3 is 2.79 bits per heavy atom. The van der Waals surface area contributed by atoms with Gasteiger partial charge in [-0.25, -0.2) is 0 Å². The Hall–Kier alpha value is -1.59. The van der Waals surface area contributed by atoms with Crippen molar-refractivity contribution >= 4 is 5.91 Å². The van der Waals surface area contributed by atoms with Gasteiger partial charge in [0.05, 0.1) is 6.04 Å². The van der Waals surface area contributed by atoms with E-state index >= 15 is 0 Å². The van der Waals surface area contributed by atoms with E-state index in [2.05, 4.69) is 5.32 Å². The zero-order valence-electron chi connectivity index (χ0n) is 11.0. The first-order valence-corrected chi connectivity index (χ1v) is 6.70. The lowest BCUT2D eigenvalue weighted by atomic mass is 10.1. The van der Waals surface area contributed by atoms with Crippen LogP contribution >= 0.6 is 0 Å². The summed E-state index contributed by atoms with van der Waals surface area (Å²) in [5.74, 6) is 0.235. The first-order valence-electron chi connectivity index (χ1n) is 6.70. The number of phenols is 1. The Labute approximate surface area is 113 Å². The number of aromatic hydroxyl groups is 1. The van der Waals surface area contributed by atoms with Gasteiger partial charge in [0.25, 0.3) is 0 Å². The number of rotatable bonds is 3. The van der Waals surface area contributed by atoms with Crippen LogP contribution in [0, 0.1) is 0 Å². The SMILES string of the molecule is N[C@H](Cc1ccc(O)cc1)C(=O)N1CCCNCC1.